The lowest BCUT2D eigenvalue weighted by Crippen LogP contribution is -2.22. The first-order valence-electron chi connectivity index (χ1n) is 4.96. The predicted molar refractivity (Wildman–Crippen MR) is 62.5 cm³/mol. The number of anilines is 1. The average Bonchev–Trinajstić information content (AvgIpc) is 2.75. The van der Waals surface area contributed by atoms with Gasteiger partial charge in [0.15, 0.2) is 0 Å². The van der Waals surface area contributed by atoms with Crippen LogP contribution in [0.3, 0.4) is 0 Å². The molecule has 2 rings (SSSR count). The summed E-state index contributed by atoms with van der Waals surface area (Å²) in [5, 5.41) is 0. The van der Waals surface area contributed by atoms with Gasteiger partial charge in [0.25, 0.3) is 0 Å². The van der Waals surface area contributed by atoms with Crippen molar-refractivity contribution in [2.24, 2.45) is 0 Å². The van der Waals surface area contributed by atoms with Gasteiger partial charge in [-0.05, 0) is 6.42 Å². The smallest absolute Gasteiger partial charge is 0.324 e. The molecule has 1 fully saturated rings. The van der Waals surface area contributed by atoms with Crippen LogP contribution in [0.2, 0.25) is 0 Å². The predicted octanol–water partition coefficient (Wildman–Crippen LogP) is 0.862. The molecule has 0 aromatic carbocycles. The molecule has 0 amide bonds. The standard InChI is InChI=1S/C9H13BrN4O2/c1-15-8-11-7(12-9(13-8)16-2)14-4-3-6(10)5-14/h6H,3-5H2,1-2H3. The number of rotatable bonds is 3. The Hall–Kier alpha value is -1.11. The molecule has 1 saturated heterocycles. The lowest BCUT2D eigenvalue weighted by Gasteiger charge is -2.15. The first-order chi connectivity index (χ1) is 7.72. The Kier molecular flexibility index (Phi) is 3.42. The third-order valence-corrected chi connectivity index (χ3v) is 3.11. The molecule has 0 radical (unpaired) electrons. The van der Waals surface area contributed by atoms with E-state index in [1.165, 1.54) is 14.2 Å². The highest BCUT2D eigenvalue weighted by molar-refractivity contribution is 9.09. The van der Waals surface area contributed by atoms with Crippen molar-refractivity contribution in [1.29, 1.82) is 0 Å². The van der Waals surface area contributed by atoms with E-state index in [1.54, 1.807) is 0 Å². The molecule has 1 aromatic rings. The van der Waals surface area contributed by atoms with Crippen LogP contribution in [-0.2, 0) is 0 Å². The molecule has 16 heavy (non-hydrogen) atoms. The molecule has 0 N–H and O–H groups in total. The minimum absolute atomic E-state index is 0.278. The van der Waals surface area contributed by atoms with E-state index in [0.717, 1.165) is 19.5 Å². The first kappa shape index (κ1) is 11.4. The summed E-state index contributed by atoms with van der Waals surface area (Å²) in [4.78, 5) is 14.9. The van der Waals surface area contributed by atoms with Crippen LogP contribution in [0.4, 0.5) is 5.95 Å². The van der Waals surface area contributed by atoms with Crippen LogP contribution in [-0.4, -0.2) is 47.1 Å². The second kappa shape index (κ2) is 4.82. The zero-order valence-electron chi connectivity index (χ0n) is 9.18. The van der Waals surface area contributed by atoms with Gasteiger partial charge in [0.1, 0.15) is 0 Å². The number of methoxy groups -OCH3 is 2. The second-order valence-electron chi connectivity index (χ2n) is 3.44. The van der Waals surface area contributed by atoms with E-state index in [2.05, 4.69) is 35.8 Å². The van der Waals surface area contributed by atoms with Crippen LogP contribution in [0.15, 0.2) is 0 Å². The SMILES string of the molecule is COc1nc(OC)nc(N2CCC(Br)C2)n1. The van der Waals surface area contributed by atoms with Gasteiger partial charge in [-0.2, -0.15) is 9.97 Å². The molecule has 0 saturated carbocycles. The number of hydrogen-bond acceptors (Lipinski definition) is 6. The van der Waals surface area contributed by atoms with Crippen LogP contribution >= 0.6 is 15.9 Å². The lowest BCUT2D eigenvalue weighted by molar-refractivity contribution is 0.340. The molecule has 0 spiro atoms. The van der Waals surface area contributed by atoms with E-state index in [0.29, 0.717) is 10.8 Å². The normalized spacial score (nSPS) is 19.9. The van der Waals surface area contributed by atoms with Crippen molar-refractivity contribution in [3.63, 3.8) is 0 Å². The van der Waals surface area contributed by atoms with Crippen molar-refractivity contribution < 1.29 is 9.47 Å². The van der Waals surface area contributed by atoms with Crippen molar-refractivity contribution >= 4 is 21.9 Å². The highest BCUT2D eigenvalue weighted by atomic mass is 79.9. The minimum Gasteiger partial charge on any atom is -0.467 e. The summed E-state index contributed by atoms with van der Waals surface area (Å²) in [7, 11) is 3.05. The van der Waals surface area contributed by atoms with Crippen molar-refractivity contribution in [2.45, 2.75) is 11.2 Å². The number of ether oxygens (including phenoxy) is 2. The first-order valence-corrected chi connectivity index (χ1v) is 5.87. The number of halogens is 1. The molecule has 0 bridgehead atoms. The molecule has 7 heteroatoms. The fraction of sp³-hybridized carbons (Fsp3) is 0.667. The van der Waals surface area contributed by atoms with Crippen LogP contribution in [0.25, 0.3) is 0 Å². The van der Waals surface area contributed by atoms with Crippen molar-refractivity contribution in [3.8, 4) is 12.0 Å². The second-order valence-corrected chi connectivity index (χ2v) is 4.74. The Morgan fingerprint density at radius 3 is 2.25 bits per heavy atom. The van der Waals surface area contributed by atoms with Gasteiger partial charge in [-0.15, -0.1) is 4.98 Å². The van der Waals surface area contributed by atoms with Crippen molar-refractivity contribution in [2.75, 3.05) is 32.2 Å². The number of aromatic nitrogens is 3. The van der Waals surface area contributed by atoms with E-state index < -0.39 is 0 Å². The summed E-state index contributed by atoms with van der Waals surface area (Å²) < 4.78 is 10.0. The molecule has 1 atom stereocenters. The van der Waals surface area contributed by atoms with Crippen molar-refractivity contribution in [3.05, 3.63) is 0 Å². The number of hydrogen-bond donors (Lipinski definition) is 0. The van der Waals surface area contributed by atoms with E-state index in [4.69, 9.17) is 9.47 Å². The molecule has 2 heterocycles. The third kappa shape index (κ3) is 2.34. The summed E-state index contributed by atoms with van der Waals surface area (Å²) in [6.45, 7) is 1.81. The monoisotopic (exact) mass is 288 g/mol. The molecule has 88 valence electrons. The highest BCUT2D eigenvalue weighted by Gasteiger charge is 2.23. The van der Waals surface area contributed by atoms with Gasteiger partial charge in [-0.3, -0.25) is 0 Å². The van der Waals surface area contributed by atoms with Gasteiger partial charge < -0.3 is 14.4 Å². The lowest BCUT2D eigenvalue weighted by atomic mass is 10.4. The molecular weight excluding hydrogens is 276 g/mol. The third-order valence-electron chi connectivity index (χ3n) is 2.36. The molecule has 1 aliphatic heterocycles. The summed E-state index contributed by atoms with van der Waals surface area (Å²) in [6.07, 6.45) is 1.08. The fourth-order valence-electron chi connectivity index (χ4n) is 1.55. The van der Waals surface area contributed by atoms with E-state index in [9.17, 15) is 0 Å². The molecule has 1 aromatic heterocycles. The number of alkyl halides is 1. The molecule has 0 aliphatic carbocycles. The fourth-order valence-corrected chi connectivity index (χ4v) is 2.11. The Labute approximate surface area is 102 Å². The average molecular weight is 289 g/mol. The Bertz CT molecular complexity index is 354. The van der Waals surface area contributed by atoms with Crippen LogP contribution in [0.5, 0.6) is 12.0 Å². The maximum Gasteiger partial charge on any atom is 0.324 e. The van der Waals surface area contributed by atoms with E-state index in [1.807, 2.05) is 0 Å². The van der Waals surface area contributed by atoms with Crippen LogP contribution < -0.4 is 14.4 Å². The molecule has 1 unspecified atom stereocenters. The topological polar surface area (TPSA) is 60.4 Å². The maximum atomic E-state index is 5.00. The van der Waals surface area contributed by atoms with Gasteiger partial charge in [0.05, 0.1) is 14.2 Å². The van der Waals surface area contributed by atoms with Gasteiger partial charge >= 0.3 is 12.0 Å². The zero-order valence-corrected chi connectivity index (χ0v) is 10.8. The Balaban J connectivity index is 2.25. The number of nitrogens with zero attached hydrogens (tertiary/aromatic N) is 4. The summed E-state index contributed by atoms with van der Waals surface area (Å²) in [5.74, 6) is 0.602. The molecular formula is C9H13BrN4O2. The summed E-state index contributed by atoms with van der Waals surface area (Å²) >= 11 is 3.57. The maximum absolute atomic E-state index is 5.00. The summed E-state index contributed by atoms with van der Waals surface area (Å²) in [6, 6.07) is 0.555. The van der Waals surface area contributed by atoms with Gasteiger partial charge in [-0.1, -0.05) is 15.9 Å². The van der Waals surface area contributed by atoms with Gasteiger partial charge in [0, 0.05) is 17.9 Å². The Morgan fingerprint density at radius 2 is 1.81 bits per heavy atom. The van der Waals surface area contributed by atoms with Crippen LogP contribution in [0, 0.1) is 0 Å². The summed E-state index contributed by atoms with van der Waals surface area (Å²) in [5.41, 5.74) is 0. The quantitative estimate of drug-likeness (QED) is 0.769. The van der Waals surface area contributed by atoms with Crippen molar-refractivity contribution in [1.82, 2.24) is 15.0 Å². The molecule has 1 aliphatic rings. The van der Waals surface area contributed by atoms with Crippen LogP contribution in [0.1, 0.15) is 6.42 Å². The zero-order chi connectivity index (χ0) is 11.5. The van der Waals surface area contributed by atoms with Gasteiger partial charge in [-0.25, -0.2) is 0 Å². The van der Waals surface area contributed by atoms with E-state index >= 15 is 0 Å². The highest BCUT2D eigenvalue weighted by Crippen LogP contribution is 2.23. The largest absolute Gasteiger partial charge is 0.467 e. The van der Waals surface area contributed by atoms with Gasteiger partial charge in [0.2, 0.25) is 5.95 Å². The van der Waals surface area contributed by atoms with E-state index in [-0.39, 0.29) is 12.0 Å². The minimum atomic E-state index is 0.278. The Morgan fingerprint density at radius 1 is 1.19 bits per heavy atom. The molecule has 6 nitrogen and oxygen atoms in total.